The Balaban J connectivity index is 2.90. The van der Waals surface area contributed by atoms with Crippen LogP contribution in [0.2, 0.25) is 0 Å². The molecule has 1 heterocycles. The summed E-state index contributed by atoms with van der Waals surface area (Å²) in [4.78, 5) is 8.53. The topological polar surface area (TPSA) is 37.8 Å². The Labute approximate surface area is 73.2 Å². The fourth-order valence-corrected chi connectivity index (χ4v) is 1.13. The van der Waals surface area contributed by atoms with Crippen LogP contribution in [-0.4, -0.2) is 17.0 Å². The zero-order valence-electron chi connectivity index (χ0n) is 7.89. The molecule has 0 aromatic carbocycles. The second-order valence-corrected chi connectivity index (χ2v) is 2.82. The molecule has 12 heavy (non-hydrogen) atoms. The summed E-state index contributed by atoms with van der Waals surface area (Å²) in [5, 5.41) is 2.94. The van der Waals surface area contributed by atoms with Gasteiger partial charge in [-0.2, -0.15) is 0 Å². The molecule has 0 atom stereocenters. The van der Waals surface area contributed by atoms with Crippen molar-refractivity contribution in [3.05, 3.63) is 17.5 Å². The third-order valence-corrected chi connectivity index (χ3v) is 1.64. The first-order valence-electron chi connectivity index (χ1n) is 4.28. The van der Waals surface area contributed by atoms with Crippen molar-refractivity contribution >= 4 is 5.95 Å². The fourth-order valence-electron chi connectivity index (χ4n) is 1.13. The molecule has 0 aliphatic carbocycles. The van der Waals surface area contributed by atoms with E-state index in [4.69, 9.17) is 0 Å². The van der Waals surface area contributed by atoms with Gasteiger partial charge in [-0.25, -0.2) is 9.97 Å². The van der Waals surface area contributed by atoms with Crippen LogP contribution in [-0.2, 0) is 6.42 Å². The largest absolute Gasteiger partial charge is 0.357 e. The van der Waals surface area contributed by atoms with Gasteiger partial charge in [-0.1, -0.05) is 13.3 Å². The number of aryl methyl sites for hydroxylation is 2. The Morgan fingerprint density at radius 2 is 2.17 bits per heavy atom. The zero-order chi connectivity index (χ0) is 8.97. The number of rotatable bonds is 3. The van der Waals surface area contributed by atoms with E-state index in [-0.39, 0.29) is 0 Å². The van der Waals surface area contributed by atoms with Crippen molar-refractivity contribution in [3.8, 4) is 0 Å². The number of nitrogens with zero attached hydrogens (tertiary/aromatic N) is 2. The minimum Gasteiger partial charge on any atom is -0.357 e. The van der Waals surface area contributed by atoms with E-state index < -0.39 is 0 Å². The van der Waals surface area contributed by atoms with Gasteiger partial charge in [0.2, 0.25) is 5.95 Å². The molecule has 3 heteroatoms. The third-order valence-electron chi connectivity index (χ3n) is 1.64. The van der Waals surface area contributed by atoms with Crippen LogP contribution in [0.5, 0.6) is 0 Å². The van der Waals surface area contributed by atoms with E-state index in [0.717, 1.165) is 30.2 Å². The van der Waals surface area contributed by atoms with Gasteiger partial charge in [0.15, 0.2) is 0 Å². The van der Waals surface area contributed by atoms with E-state index >= 15 is 0 Å². The average Bonchev–Trinajstić information content (AvgIpc) is 2.04. The number of hydrogen-bond donors (Lipinski definition) is 1. The van der Waals surface area contributed by atoms with Crippen molar-refractivity contribution in [2.75, 3.05) is 12.4 Å². The summed E-state index contributed by atoms with van der Waals surface area (Å²) in [7, 11) is 1.84. The van der Waals surface area contributed by atoms with E-state index in [1.807, 2.05) is 20.0 Å². The van der Waals surface area contributed by atoms with Crippen LogP contribution < -0.4 is 5.32 Å². The molecule has 0 bridgehead atoms. The van der Waals surface area contributed by atoms with Crippen molar-refractivity contribution in [1.29, 1.82) is 0 Å². The van der Waals surface area contributed by atoms with Gasteiger partial charge in [-0.05, 0) is 19.4 Å². The lowest BCUT2D eigenvalue weighted by Crippen LogP contribution is -2.01. The SMILES string of the molecule is CCCc1cc(C)nc(NC)n1. The minimum absolute atomic E-state index is 0.721. The Morgan fingerprint density at radius 3 is 2.75 bits per heavy atom. The van der Waals surface area contributed by atoms with Gasteiger partial charge in [0.25, 0.3) is 0 Å². The molecule has 0 radical (unpaired) electrons. The molecule has 1 aromatic heterocycles. The number of nitrogens with one attached hydrogen (secondary N) is 1. The molecule has 1 aromatic rings. The van der Waals surface area contributed by atoms with Gasteiger partial charge < -0.3 is 5.32 Å². The Morgan fingerprint density at radius 1 is 1.42 bits per heavy atom. The summed E-state index contributed by atoms with van der Waals surface area (Å²) in [5.41, 5.74) is 2.15. The van der Waals surface area contributed by atoms with Gasteiger partial charge in [-0.15, -0.1) is 0 Å². The molecule has 1 N–H and O–H groups in total. The smallest absolute Gasteiger partial charge is 0.222 e. The maximum absolute atomic E-state index is 4.32. The highest BCUT2D eigenvalue weighted by molar-refractivity contribution is 5.26. The lowest BCUT2D eigenvalue weighted by atomic mass is 10.2. The van der Waals surface area contributed by atoms with E-state index in [0.29, 0.717) is 0 Å². The predicted octanol–water partition coefficient (Wildman–Crippen LogP) is 1.78. The monoisotopic (exact) mass is 165 g/mol. The third kappa shape index (κ3) is 2.19. The molecular formula is C9H15N3. The zero-order valence-corrected chi connectivity index (χ0v) is 7.89. The van der Waals surface area contributed by atoms with Crippen molar-refractivity contribution in [2.45, 2.75) is 26.7 Å². The maximum atomic E-state index is 4.32. The highest BCUT2D eigenvalue weighted by Gasteiger charge is 1.98. The summed E-state index contributed by atoms with van der Waals surface area (Å²) in [5.74, 6) is 0.721. The first-order valence-corrected chi connectivity index (χ1v) is 4.28. The summed E-state index contributed by atoms with van der Waals surface area (Å²) >= 11 is 0. The second-order valence-electron chi connectivity index (χ2n) is 2.82. The van der Waals surface area contributed by atoms with Crippen LogP contribution in [0.1, 0.15) is 24.7 Å². The molecule has 0 spiro atoms. The molecule has 0 amide bonds. The van der Waals surface area contributed by atoms with E-state index in [9.17, 15) is 0 Å². The van der Waals surface area contributed by atoms with Gasteiger partial charge >= 0.3 is 0 Å². The van der Waals surface area contributed by atoms with Crippen molar-refractivity contribution < 1.29 is 0 Å². The quantitative estimate of drug-likeness (QED) is 0.741. The van der Waals surface area contributed by atoms with Crippen molar-refractivity contribution in [3.63, 3.8) is 0 Å². The van der Waals surface area contributed by atoms with E-state index in [1.165, 1.54) is 0 Å². The molecule has 0 saturated heterocycles. The summed E-state index contributed by atoms with van der Waals surface area (Å²) in [6.07, 6.45) is 2.15. The van der Waals surface area contributed by atoms with Crippen molar-refractivity contribution in [1.82, 2.24) is 9.97 Å². The molecular weight excluding hydrogens is 150 g/mol. The van der Waals surface area contributed by atoms with Crippen LogP contribution in [0, 0.1) is 6.92 Å². The summed E-state index contributed by atoms with van der Waals surface area (Å²) in [6.45, 7) is 4.14. The first kappa shape index (κ1) is 8.97. The number of anilines is 1. The van der Waals surface area contributed by atoms with Crippen LogP contribution in [0.25, 0.3) is 0 Å². The van der Waals surface area contributed by atoms with Crippen LogP contribution in [0.15, 0.2) is 6.07 Å². The van der Waals surface area contributed by atoms with Crippen molar-refractivity contribution in [2.24, 2.45) is 0 Å². The number of aromatic nitrogens is 2. The molecule has 0 unspecified atom stereocenters. The molecule has 0 aliphatic heterocycles. The van der Waals surface area contributed by atoms with Crippen LogP contribution in [0.3, 0.4) is 0 Å². The predicted molar refractivity (Wildman–Crippen MR) is 50.3 cm³/mol. The lowest BCUT2D eigenvalue weighted by Gasteiger charge is -2.03. The molecule has 66 valence electrons. The Bertz CT molecular complexity index is 258. The van der Waals surface area contributed by atoms with E-state index in [2.05, 4.69) is 22.2 Å². The van der Waals surface area contributed by atoms with E-state index in [1.54, 1.807) is 0 Å². The van der Waals surface area contributed by atoms with Gasteiger partial charge in [-0.3, -0.25) is 0 Å². The Kier molecular flexibility index (Phi) is 3.02. The summed E-state index contributed by atoms with van der Waals surface area (Å²) < 4.78 is 0. The second kappa shape index (κ2) is 4.04. The highest BCUT2D eigenvalue weighted by Crippen LogP contribution is 2.05. The molecule has 1 rings (SSSR count). The van der Waals surface area contributed by atoms with Gasteiger partial charge in [0.1, 0.15) is 0 Å². The van der Waals surface area contributed by atoms with Gasteiger partial charge in [0.05, 0.1) is 0 Å². The normalized spacial score (nSPS) is 9.92. The minimum atomic E-state index is 0.721. The summed E-state index contributed by atoms with van der Waals surface area (Å²) in [6, 6.07) is 2.03. The highest BCUT2D eigenvalue weighted by atomic mass is 15.1. The van der Waals surface area contributed by atoms with Crippen LogP contribution >= 0.6 is 0 Å². The van der Waals surface area contributed by atoms with Gasteiger partial charge in [0, 0.05) is 18.4 Å². The first-order chi connectivity index (χ1) is 5.76. The molecule has 0 saturated carbocycles. The Hall–Kier alpha value is -1.12. The lowest BCUT2D eigenvalue weighted by molar-refractivity contribution is 0.868. The van der Waals surface area contributed by atoms with Crippen LogP contribution in [0.4, 0.5) is 5.95 Å². The standard InChI is InChI=1S/C9H15N3/c1-4-5-8-6-7(2)11-9(10-3)12-8/h6H,4-5H2,1-3H3,(H,10,11,12). The molecule has 0 aliphatic rings. The molecule has 3 nitrogen and oxygen atoms in total. The maximum Gasteiger partial charge on any atom is 0.222 e. The molecule has 0 fully saturated rings. The average molecular weight is 165 g/mol. The number of hydrogen-bond acceptors (Lipinski definition) is 3. The fraction of sp³-hybridized carbons (Fsp3) is 0.556.